The Kier molecular flexibility index (Phi) is 7.47. The molecule has 1 aromatic heterocycles. The molecule has 2 rings (SSSR count). The maximum atomic E-state index is 12.1. The maximum absolute atomic E-state index is 12.1. The summed E-state index contributed by atoms with van der Waals surface area (Å²) >= 11 is 1.49. The van der Waals surface area contributed by atoms with E-state index in [1.165, 1.54) is 11.3 Å². The molecule has 25 heavy (non-hydrogen) atoms. The predicted octanol–water partition coefficient (Wildman–Crippen LogP) is 3.10. The molecule has 0 aliphatic rings. The zero-order valence-electron chi connectivity index (χ0n) is 14.7. The molecule has 1 N–H and O–H groups in total. The van der Waals surface area contributed by atoms with Crippen LogP contribution in [0.4, 0.5) is 0 Å². The summed E-state index contributed by atoms with van der Waals surface area (Å²) in [5.41, 5.74) is 1.81. The van der Waals surface area contributed by atoms with Crippen LogP contribution in [0.25, 0.3) is 0 Å². The van der Waals surface area contributed by atoms with E-state index < -0.39 is 0 Å². The van der Waals surface area contributed by atoms with Crippen molar-refractivity contribution in [3.8, 4) is 5.75 Å². The highest BCUT2D eigenvalue weighted by molar-refractivity contribution is 7.08. The number of aryl methyl sites for hydroxylation is 1. The number of amides is 2. The van der Waals surface area contributed by atoms with Crippen molar-refractivity contribution in [3.05, 3.63) is 52.2 Å². The van der Waals surface area contributed by atoms with Crippen molar-refractivity contribution in [2.45, 2.75) is 19.8 Å². The minimum absolute atomic E-state index is 0.0534. The summed E-state index contributed by atoms with van der Waals surface area (Å²) in [6.07, 6.45) is 1.03. The fraction of sp³-hybridized carbons (Fsp3) is 0.368. The lowest BCUT2D eigenvalue weighted by atomic mass is 10.2. The monoisotopic (exact) mass is 360 g/mol. The molecule has 0 bridgehead atoms. The Labute approximate surface area is 152 Å². The van der Waals surface area contributed by atoms with Gasteiger partial charge >= 0.3 is 0 Å². The van der Waals surface area contributed by atoms with E-state index in [1.54, 1.807) is 18.0 Å². The highest BCUT2D eigenvalue weighted by atomic mass is 32.1. The van der Waals surface area contributed by atoms with Crippen LogP contribution in [0, 0.1) is 6.92 Å². The van der Waals surface area contributed by atoms with Gasteiger partial charge in [0.15, 0.2) is 0 Å². The molecule has 6 heteroatoms. The normalized spacial score (nSPS) is 10.3. The summed E-state index contributed by atoms with van der Waals surface area (Å²) in [5, 5.41) is 6.50. The largest absolute Gasteiger partial charge is 0.492 e. The molecule has 1 heterocycles. The first kappa shape index (κ1) is 19.0. The molecule has 0 fully saturated rings. The van der Waals surface area contributed by atoms with Gasteiger partial charge in [0, 0.05) is 31.0 Å². The molecule has 0 aliphatic heterocycles. The first-order chi connectivity index (χ1) is 12.1. The van der Waals surface area contributed by atoms with Gasteiger partial charge in [0.2, 0.25) is 5.91 Å². The van der Waals surface area contributed by atoms with Gasteiger partial charge in [-0.05, 0) is 42.5 Å². The maximum Gasteiger partial charge on any atom is 0.252 e. The number of carbonyl (C=O) groups excluding carboxylic acids is 2. The summed E-state index contributed by atoms with van der Waals surface area (Å²) in [5.74, 6) is 0.781. The van der Waals surface area contributed by atoms with Gasteiger partial charge < -0.3 is 15.0 Å². The van der Waals surface area contributed by atoms with Gasteiger partial charge in [0.05, 0.1) is 6.54 Å². The van der Waals surface area contributed by atoms with Gasteiger partial charge in [-0.3, -0.25) is 9.59 Å². The Morgan fingerprint density at radius 3 is 2.84 bits per heavy atom. The Balaban J connectivity index is 1.59. The van der Waals surface area contributed by atoms with Crippen LogP contribution in [0.3, 0.4) is 0 Å². The molecule has 0 atom stereocenters. The van der Waals surface area contributed by atoms with Crippen LogP contribution in [0.1, 0.15) is 28.8 Å². The molecule has 1 aromatic carbocycles. The zero-order valence-corrected chi connectivity index (χ0v) is 15.5. The molecule has 5 nitrogen and oxygen atoms in total. The number of benzene rings is 1. The number of carbonyl (C=O) groups is 2. The standard InChI is InChI=1S/C19H24N2O3S/c1-15-5-3-6-17(13-15)24-11-10-21(2)18(22)7-4-9-20-19(23)16-8-12-25-14-16/h3,5-6,8,12-14H,4,7,9-11H2,1-2H3,(H,20,23). The second-order valence-electron chi connectivity index (χ2n) is 5.85. The number of rotatable bonds is 9. The number of thiophene rings is 1. The third-order valence-corrected chi connectivity index (χ3v) is 4.43. The molecule has 2 amide bonds. The van der Waals surface area contributed by atoms with Crippen LogP contribution in [-0.2, 0) is 4.79 Å². The van der Waals surface area contributed by atoms with Crippen LogP contribution < -0.4 is 10.1 Å². The van der Waals surface area contributed by atoms with Crippen molar-refractivity contribution < 1.29 is 14.3 Å². The van der Waals surface area contributed by atoms with E-state index in [0.29, 0.717) is 38.1 Å². The lowest BCUT2D eigenvalue weighted by Crippen LogP contribution is -2.31. The van der Waals surface area contributed by atoms with Gasteiger partial charge in [0.25, 0.3) is 5.91 Å². The van der Waals surface area contributed by atoms with Crippen molar-refractivity contribution in [2.75, 3.05) is 26.7 Å². The molecule has 0 spiro atoms. The summed E-state index contributed by atoms with van der Waals surface area (Å²) in [6.45, 7) is 3.50. The minimum atomic E-state index is -0.0893. The first-order valence-corrected chi connectivity index (χ1v) is 9.24. The van der Waals surface area contributed by atoms with Gasteiger partial charge in [-0.25, -0.2) is 0 Å². The molecule has 0 saturated carbocycles. The van der Waals surface area contributed by atoms with Gasteiger partial charge in [-0.15, -0.1) is 0 Å². The van der Waals surface area contributed by atoms with E-state index in [4.69, 9.17) is 4.74 Å². The highest BCUT2D eigenvalue weighted by Crippen LogP contribution is 2.12. The predicted molar refractivity (Wildman–Crippen MR) is 100 cm³/mol. The Morgan fingerprint density at radius 2 is 2.12 bits per heavy atom. The SMILES string of the molecule is Cc1cccc(OCCN(C)C(=O)CCCNC(=O)c2ccsc2)c1. The van der Waals surface area contributed by atoms with Crippen molar-refractivity contribution in [2.24, 2.45) is 0 Å². The van der Waals surface area contributed by atoms with Crippen LogP contribution in [-0.4, -0.2) is 43.5 Å². The number of nitrogens with zero attached hydrogens (tertiary/aromatic N) is 1. The molecule has 134 valence electrons. The number of hydrogen-bond acceptors (Lipinski definition) is 4. The number of hydrogen-bond donors (Lipinski definition) is 1. The summed E-state index contributed by atoms with van der Waals surface area (Å²) < 4.78 is 5.66. The lowest BCUT2D eigenvalue weighted by molar-refractivity contribution is -0.130. The zero-order chi connectivity index (χ0) is 18.1. The molecule has 2 aromatic rings. The number of likely N-dealkylation sites (N-methyl/N-ethyl adjacent to an activating group) is 1. The fourth-order valence-corrected chi connectivity index (χ4v) is 2.89. The molecular formula is C19H24N2O3S. The number of nitrogens with one attached hydrogen (secondary N) is 1. The summed E-state index contributed by atoms with van der Waals surface area (Å²) in [7, 11) is 1.77. The Bertz CT molecular complexity index is 686. The molecule has 0 saturated heterocycles. The van der Waals surface area contributed by atoms with Crippen LogP contribution in [0.5, 0.6) is 5.75 Å². The second-order valence-corrected chi connectivity index (χ2v) is 6.63. The summed E-state index contributed by atoms with van der Waals surface area (Å²) in [4.78, 5) is 25.5. The minimum Gasteiger partial charge on any atom is -0.492 e. The van der Waals surface area contributed by atoms with Gasteiger partial charge in [0.1, 0.15) is 12.4 Å². The van der Waals surface area contributed by atoms with E-state index in [1.807, 2.05) is 41.9 Å². The van der Waals surface area contributed by atoms with E-state index in [0.717, 1.165) is 11.3 Å². The average Bonchev–Trinajstić information content (AvgIpc) is 3.13. The van der Waals surface area contributed by atoms with Crippen molar-refractivity contribution >= 4 is 23.2 Å². The quantitative estimate of drug-likeness (QED) is 0.699. The lowest BCUT2D eigenvalue weighted by Gasteiger charge is -2.17. The van der Waals surface area contributed by atoms with Gasteiger partial charge in [-0.2, -0.15) is 11.3 Å². The third kappa shape index (κ3) is 6.58. The third-order valence-electron chi connectivity index (χ3n) is 3.75. The average molecular weight is 360 g/mol. The first-order valence-electron chi connectivity index (χ1n) is 8.30. The van der Waals surface area contributed by atoms with Crippen LogP contribution in [0.15, 0.2) is 41.1 Å². The van der Waals surface area contributed by atoms with E-state index in [-0.39, 0.29) is 11.8 Å². The smallest absolute Gasteiger partial charge is 0.252 e. The number of ether oxygens (including phenoxy) is 1. The molecule has 0 unspecified atom stereocenters. The van der Waals surface area contributed by atoms with Crippen molar-refractivity contribution in [3.63, 3.8) is 0 Å². The van der Waals surface area contributed by atoms with E-state index >= 15 is 0 Å². The Hall–Kier alpha value is -2.34. The Morgan fingerprint density at radius 1 is 1.28 bits per heavy atom. The molecular weight excluding hydrogens is 336 g/mol. The topological polar surface area (TPSA) is 58.6 Å². The summed E-state index contributed by atoms with van der Waals surface area (Å²) in [6, 6.07) is 9.62. The highest BCUT2D eigenvalue weighted by Gasteiger charge is 2.09. The second kappa shape index (κ2) is 9.84. The van der Waals surface area contributed by atoms with Gasteiger partial charge in [-0.1, -0.05) is 12.1 Å². The molecule has 0 aliphatic carbocycles. The van der Waals surface area contributed by atoms with E-state index in [2.05, 4.69) is 5.32 Å². The van der Waals surface area contributed by atoms with Crippen LogP contribution in [0.2, 0.25) is 0 Å². The van der Waals surface area contributed by atoms with Crippen molar-refractivity contribution in [1.82, 2.24) is 10.2 Å². The van der Waals surface area contributed by atoms with E-state index in [9.17, 15) is 9.59 Å². The molecule has 0 radical (unpaired) electrons. The van der Waals surface area contributed by atoms with Crippen molar-refractivity contribution in [1.29, 1.82) is 0 Å². The van der Waals surface area contributed by atoms with Crippen LogP contribution >= 0.6 is 11.3 Å². The fourth-order valence-electron chi connectivity index (χ4n) is 2.26.